The fourth-order valence-corrected chi connectivity index (χ4v) is 6.87. The van der Waals surface area contributed by atoms with Crippen molar-refractivity contribution in [1.82, 2.24) is 15.5 Å². The predicted molar refractivity (Wildman–Crippen MR) is 134 cm³/mol. The maximum absolute atomic E-state index is 13.2. The number of hydrogen-bond donors (Lipinski definition) is 2. The molecule has 0 radical (unpaired) electrons. The minimum absolute atomic E-state index is 0.134. The van der Waals surface area contributed by atoms with Gasteiger partial charge < -0.3 is 20.3 Å². The first-order chi connectivity index (χ1) is 15.9. The number of amides is 2. The highest BCUT2D eigenvalue weighted by molar-refractivity contribution is 5.79. The number of carbonyl (C=O) groups is 2. The van der Waals surface area contributed by atoms with E-state index in [2.05, 4.69) is 49.6 Å². The number of alkyl carbamates (subject to hydrolysis) is 1. The van der Waals surface area contributed by atoms with Crippen LogP contribution >= 0.6 is 0 Å². The van der Waals surface area contributed by atoms with Crippen molar-refractivity contribution in [3.63, 3.8) is 0 Å². The van der Waals surface area contributed by atoms with Gasteiger partial charge in [0, 0.05) is 24.2 Å². The molecule has 1 aromatic carbocycles. The SMILES string of the molecule is CCC1(NC(=O)OC(C)(C)C)CC2CC(C)CC(NCC(=O)N3Cc4ccc(C)cc4C3)(C2)C1. The minimum atomic E-state index is -0.522. The molecule has 2 bridgehead atoms. The molecule has 4 rings (SSSR count). The molecule has 4 atom stereocenters. The van der Waals surface area contributed by atoms with Crippen LogP contribution in [0.2, 0.25) is 0 Å². The molecule has 0 saturated heterocycles. The van der Waals surface area contributed by atoms with Gasteiger partial charge in [0.15, 0.2) is 0 Å². The number of nitrogens with zero attached hydrogens (tertiary/aromatic N) is 1. The molecule has 34 heavy (non-hydrogen) atoms. The molecular formula is C28H43N3O3. The normalized spacial score (nSPS) is 30.6. The van der Waals surface area contributed by atoms with E-state index in [9.17, 15) is 9.59 Å². The summed E-state index contributed by atoms with van der Waals surface area (Å²) in [6.45, 7) is 14.0. The van der Waals surface area contributed by atoms with Crippen LogP contribution in [0.1, 0.15) is 89.8 Å². The van der Waals surface area contributed by atoms with Crippen molar-refractivity contribution in [1.29, 1.82) is 0 Å². The molecular weight excluding hydrogens is 426 g/mol. The fourth-order valence-electron chi connectivity index (χ4n) is 6.87. The number of fused-ring (bicyclic) bond motifs is 3. The average molecular weight is 470 g/mol. The summed E-state index contributed by atoms with van der Waals surface area (Å²) < 4.78 is 5.62. The van der Waals surface area contributed by atoms with Gasteiger partial charge in [-0.3, -0.25) is 4.79 Å². The van der Waals surface area contributed by atoms with Crippen molar-refractivity contribution < 1.29 is 14.3 Å². The second-order valence-electron chi connectivity index (χ2n) is 12.4. The molecule has 1 aromatic rings. The van der Waals surface area contributed by atoms with Crippen LogP contribution in [0.5, 0.6) is 0 Å². The Morgan fingerprint density at radius 3 is 2.59 bits per heavy atom. The number of rotatable bonds is 5. The van der Waals surface area contributed by atoms with E-state index in [1.54, 1.807) is 0 Å². The Kier molecular flexibility index (Phi) is 6.75. The van der Waals surface area contributed by atoms with E-state index < -0.39 is 5.60 Å². The highest BCUT2D eigenvalue weighted by atomic mass is 16.6. The van der Waals surface area contributed by atoms with E-state index in [0.717, 1.165) is 32.1 Å². The van der Waals surface area contributed by atoms with Crippen LogP contribution in [0.25, 0.3) is 0 Å². The Morgan fingerprint density at radius 1 is 1.15 bits per heavy atom. The van der Waals surface area contributed by atoms with Gasteiger partial charge in [0.05, 0.1) is 6.54 Å². The van der Waals surface area contributed by atoms with Crippen molar-refractivity contribution in [3.8, 4) is 0 Å². The van der Waals surface area contributed by atoms with E-state index >= 15 is 0 Å². The lowest BCUT2D eigenvalue weighted by Gasteiger charge is -2.55. The molecule has 2 fully saturated rings. The first kappa shape index (κ1) is 25.0. The van der Waals surface area contributed by atoms with Gasteiger partial charge in [0.25, 0.3) is 0 Å². The predicted octanol–water partition coefficient (Wildman–Crippen LogP) is 5.07. The highest BCUT2D eigenvalue weighted by Gasteiger charge is 2.51. The van der Waals surface area contributed by atoms with Crippen molar-refractivity contribution in [2.24, 2.45) is 11.8 Å². The fraction of sp³-hybridized carbons (Fsp3) is 0.714. The first-order valence-corrected chi connectivity index (χ1v) is 13.0. The quantitative estimate of drug-likeness (QED) is 0.632. The molecule has 4 unspecified atom stereocenters. The van der Waals surface area contributed by atoms with Crippen LogP contribution < -0.4 is 10.6 Å². The molecule has 6 heteroatoms. The molecule has 0 aromatic heterocycles. The topological polar surface area (TPSA) is 70.7 Å². The van der Waals surface area contributed by atoms with Crippen LogP contribution in [-0.2, 0) is 22.6 Å². The molecule has 3 aliphatic rings. The third kappa shape index (κ3) is 5.59. The third-order valence-corrected chi connectivity index (χ3v) is 8.00. The van der Waals surface area contributed by atoms with Crippen LogP contribution in [0, 0.1) is 18.8 Å². The average Bonchev–Trinajstić information content (AvgIpc) is 3.13. The highest BCUT2D eigenvalue weighted by Crippen LogP contribution is 2.50. The Balaban J connectivity index is 1.45. The van der Waals surface area contributed by atoms with Gasteiger partial charge in [-0.15, -0.1) is 0 Å². The summed E-state index contributed by atoms with van der Waals surface area (Å²) in [6, 6.07) is 6.47. The molecule has 1 aliphatic heterocycles. The second-order valence-corrected chi connectivity index (χ2v) is 12.4. The summed E-state index contributed by atoms with van der Waals surface area (Å²) >= 11 is 0. The van der Waals surface area contributed by atoms with Crippen LogP contribution in [0.15, 0.2) is 18.2 Å². The molecule has 2 N–H and O–H groups in total. The molecule has 1 heterocycles. The maximum atomic E-state index is 13.2. The number of carbonyl (C=O) groups excluding carboxylic acids is 2. The number of nitrogens with one attached hydrogen (secondary N) is 2. The summed E-state index contributed by atoms with van der Waals surface area (Å²) in [5, 5.41) is 7.01. The molecule has 188 valence electrons. The smallest absolute Gasteiger partial charge is 0.408 e. The third-order valence-electron chi connectivity index (χ3n) is 8.00. The largest absolute Gasteiger partial charge is 0.444 e. The zero-order chi connectivity index (χ0) is 24.7. The number of aryl methyl sites for hydroxylation is 1. The Morgan fingerprint density at radius 2 is 1.88 bits per heavy atom. The van der Waals surface area contributed by atoms with Gasteiger partial charge >= 0.3 is 6.09 Å². The van der Waals surface area contributed by atoms with Crippen LogP contribution in [0.4, 0.5) is 4.79 Å². The molecule has 2 aliphatic carbocycles. The summed E-state index contributed by atoms with van der Waals surface area (Å²) in [5.41, 5.74) is 2.80. The first-order valence-electron chi connectivity index (χ1n) is 13.0. The number of ether oxygens (including phenoxy) is 1. The Hall–Kier alpha value is -2.08. The van der Waals surface area contributed by atoms with E-state index in [-0.39, 0.29) is 23.1 Å². The van der Waals surface area contributed by atoms with Crippen molar-refractivity contribution in [2.75, 3.05) is 6.54 Å². The van der Waals surface area contributed by atoms with Crippen molar-refractivity contribution >= 4 is 12.0 Å². The Labute approximate surface area is 205 Å². The van der Waals surface area contributed by atoms with E-state index in [4.69, 9.17) is 4.74 Å². The van der Waals surface area contributed by atoms with Crippen molar-refractivity contribution in [3.05, 3.63) is 34.9 Å². The zero-order valence-corrected chi connectivity index (χ0v) is 21.9. The lowest BCUT2D eigenvalue weighted by atomic mass is 9.57. The van der Waals surface area contributed by atoms with E-state index in [1.807, 2.05) is 25.7 Å². The minimum Gasteiger partial charge on any atom is -0.444 e. The molecule has 2 saturated carbocycles. The van der Waals surface area contributed by atoms with Gasteiger partial charge in [0.2, 0.25) is 5.91 Å². The van der Waals surface area contributed by atoms with Gasteiger partial charge in [0.1, 0.15) is 5.60 Å². The second kappa shape index (κ2) is 9.18. The zero-order valence-electron chi connectivity index (χ0n) is 21.9. The van der Waals surface area contributed by atoms with Gasteiger partial charge in [-0.1, -0.05) is 37.6 Å². The maximum Gasteiger partial charge on any atom is 0.408 e. The number of hydrogen-bond acceptors (Lipinski definition) is 4. The van der Waals surface area contributed by atoms with Crippen molar-refractivity contribution in [2.45, 2.75) is 110 Å². The molecule has 6 nitrogen and oxygen atoms in total. The molecule has 2 amide bonds. The summed E-state index contributed by atoms with van der Waals surface area (Å²) in [7, 11) is 0. The standard InChI is InChI=1S/C28H43N3O3/c1-7-27(30-25(33)34-26(4,5)6)13-21-10-20(3)12-28(14-21,18-27)29-15-24(32)31-16-22-9-8-19(2)11-23(22)17-31/h8-9,11,20-21,29H,7,10,12-18H2,1-6H3,(H,30,33). The van der Waals surface area contributed by atoms with Crippen LogP contribution in [0.3, 0.4) is 0 Å². The molecule has 0 spiro atoms. The van der Waals surface area contributed by atoms with Gasteiger partial charge in [-0.2, -0.15) is 0 Å². The lowest BCUT2D eigenvalue weighted by molar-refractivity contribution is -0.131. The van der Waals surface area contributed by atoms with Gasteiger partial charge in [-0.05, 0) is 89.2 Å². The summed E-state index contributed by atoms with van der Waals surface area (Å²) in [4.78, 5) is 27.9. The number of benzene rings is 1. The van der Waals surface area contributed by atoms with Gasteiger partial charge in [-0.25, -0.2) is 4.79 Å². The van der Waals surface area contributed by atoms with E-state index in [1.165, 1.54) is 23.1 Å². The Bertz CT molecular complexity index is 935. The van der Waals surface area contributed by atoms with E-state index in [0.29, 0.717) is 31.5 Å². The summed E-state index contributed by atoms with van der Waals surface area (Å²) in [6.07, 6.45) is 5.62. The monoisotopic (exact) mass is 469 g/mol. The summed E-state index contributed by atoms with van der Waals surface area (Å²) in [5.74, 6) is 1.30. The lowest BCUT2D eigenvalue weighted by Crippen LogP contribution is -2.65. The van der Waals surface area contributed by atoms with Crippen LogP contribution in [-0.4, -0.2) is 40.1 Å².